The summed E-state index contributed by atoms with van der Waals surface area (Å²) >= 11 is 0. The average Bonchev–Trinajstić information content (AvgIpc) is 2.87. The molecule has 7 nitrogen and oxygen atoms in total. The number of hydrogen-bond acceptors (Lipinski definition) is 7. The van der Waals surface area contributed by atoms with Crippen LogP contribution in [-0.4, -0.2) is 37.1 Å². The van der Waals surface area contributed by atoms with E-state index in [0.29, 0.717) is 34.0 Å². The van der Waals surface area contributed by atoms with Crippen LogP contribution in [0, 0.1) is 5.82 Å². The van der Waals surface area contributed by atoms with Crippen LogP contribution in [0.2, 0.25) is 0 Å². The summed E-state index contributed by atoms with van der Waals surface area (Å²) in [6, 6.07) is 15.1. The monoisotopic (exact) mass is 459 g/mol. The highest BCUT2D eigenvalue weighted by Gasteiger charge is 2.11. The highest BCUT2D eigenvalue weighted by molar-refractivity contribution is 6.07. The van der Waals surface area contributed by atoms with Crippen LogP contribution in [0.1, 0.15) is 15.9 Å². The first-order valence-corrected chi connectivity index (χ1v) is 10.3. The minimum absolute atomic E-state index is 0.153. The maximum absolute atomic E-state index is 13.8. The number of carbonyl (C=O) groups is 1. The molecule has 34 heavy (non-hydrogen) atoms. The number of allylic oxidation sites excluding steroid dienone is 1. The number of anilines is 2. The van der Waals surface area contributed by atoms with Gasteiger partial charge in [-0.25, -0.2) is 14.4 Å². The van der Waals surface area contributed by atoms with Crippen LogP contribution in [-0.2, 0) is 0 Å². The number of hydrogen-bond donors (Lipinski definition) is 1. The molecule has 0 aliphatic carbocycles. The number of fused-ring (bicyclic) bond motifs is 1. The molecule has 3 aromatic carbocycles. The number of aromatic nitrogens is 2. The fourth-order valence-corrected chi connectivity index (χ4v) is 3.39. The molecule has 1 N–H and O–H groups in total. The molecule has 1 aromatic heterocycles. The van der Waals surface area contributed by atoms with Crippen LogP contribution in [0.25, 0.3) is 17.0 Å². The summed E-state index contributed by atoms with van der Waals surface area (Å²) in [4.78, 5) is 21.2. The van der Waals surface area contributed by atoms with Gasteiger partial charge in [0.05, 0.1) is 26.8 Å². The number of ketones is 1. The van der Waals surface area contributed by atoms with Crippen LogP contribution in [0.3, 0.4) is 0 Å². The van der Waals surface area contributed by atoms with Gasteiger partial charge in [-0.05, 0) is 54.1 Å². The van der Waals surface area contributed by atoms with E-state index in [1.807, 2.05) is 0 Å². The summed E-state index contributed by atoms with van der Waals surface area (Å²) in [7, 11) is 4.53. The number of nitrogens with one attached hydrogen (secondary N) is 1. The van der Waals surface area contributed by atoms with Crippen molar-refractivity contribution in [2.45, 2.75) is 0 Å². The zero-order chi connectivity index (χ0) is 24.1. The summed E-state index contributed by atoms with van der Waals surface area (Å²) in [6.07, 6.45) is 4.42. The van der Waals surface area contributed by atoms with Gasteiger partial charge in [0, 0.05) is 22.7 Å². The zero-order valence-corrected chi connectivity index (χ0v) is 18.8. The predicted octanol–water partition coefficient (Wildman–Crippen LogP) is 5.43. The first kappa shape index (κ1) is 22.7. The van der Waals surface area contributed by atoms with E-state index in [9.17, 15) is 9.18 Å². The van der Waals surface area contributed by atoms with E-state index in [2.05, 4.69) is 15.3 Å². The molecule has 172 valence electrons. The second-order valence-corrected chi connectivity index (χ2v) is 7.24. The van der Waals surface area contributed by atoms with E-state index in [4.69, 9.17) is 14.2 Å². The number of rotatable bonds is 8. The van der Waals surface area contributed by atoms with E-state index in [-0.39, 0.29) is 11.5 Å². The lowest BCUT2D eigenvalue weighted by Gasteiger charge is -2.12. The Labute approximate surface area is 195 Å². The number of halogens is 1. The number of ether oxygens (including phenoxy) is 3. The van der Waals surface area contributed by atoms with Crippen molar-refractivity contribution < 1.29 is 23.4 Å². The molecule has 0 fully saturated rings. The van der Waals surface area contributed by atoms with E-state index in [0.717, 1.165) is 11.1 Å². The third-order valence-electron chi connectivity index (χ3n) is 5.18. The van der Waals surface area contributed by atoms with Crippen LogP contribution in [0.5, 0.6) is 17.2 Å². The van der Waals surface area contributed by atoms with Gasteiger partial charge in [0.25, 0.3) is 0 Å². The van der Waals surface area contributed by atoms with Gasteiger partial charge in [-0.1, -0.05) is 12.1 Å². The summed E-state index contributed by atoms with van der Waals surface area (Å²) < 4.78 is 29.4. The predicted molar refractivity (Wildman–Crippen MR) is 129 cm³/mol. The maximum Gasteiger partial charge on any atom is 0.185 e. The standard InChI is InChI=1S/C26H22FN3O4/c1-32-23-11-5-16(12-20(23)27)4-10-22(31)17-6-8-18(9-7-17)30-26-19-13-24(33-2)25(34-3)14-21(19)28-15-29-26/h4-15H,1-3H3,(H,28,29,30)/b10-4+. The first-order chi connectivity index (χ1) is 16.5. The number of benzene rings is 3. The van der Waals surface area contributed by atoms with Crippen molar-refractivity contribution in [1.82, 2.24) is 9.97 Å². The van der Waals surface area contributed by atoms with Gasteiger partial charge in [-0.2, -0.15) is 0 Å². The Morgan fingerprint density at radius 1 is 0.882 bits per heavy atom. The minimum Gasteiger partial charge on any atom is -0.494 e. The molecule has 0 amide bonds. The van der Waals surface area contributed by atoms with Crippen molar-refractivity contribution >= 4 is 34.3 Å². The third kappa shape index (κ3) is 4.80. The Bertz CT molecular complexity index is 1370. The highest BCUT2D eigenvalue weighted by atomic mass is 19.1. The Kier molecular flexibility index (Phi) is 6.68. The SMILES string of the molecule is COc1ccc(/C=C/C(=O)c2ccc(Nc3ncnc4cc(OC)c(OC)cc34)cc2)cc1F. The fraction of sp³-hybridized carbons (Fsp3) is 0.115. The van der Waals surface area contributed by atoms with Crippen LogP contribution < -0.4 is 19.5 Å². The quantitative estimate of drug-likeness (QED) is 0.278. The van der Waals surface area contributed by atoms with Gasteiger partial charge in [0.1, 0.15) is 12.1 Å². The summed E-state index contributed by atoms with van der Waals surface area (Å²) in [5, 5.41) is 4.01. The second kappa shape index (κ2) is 9.99. The molecular weight excluding hydrogens is 437 g/mol. The molecule has 0 saturated carbocycles. The van der Waals surface area contributed by atoms with Crippen molar-refractivity contribution in [3.05, 3.63) is 83.9 Å². The Balaban J connectivity index is 1.51. The molecule has 0 spiro atoms. The summed E-state index contributed by atoms with van der Waals surface area (Å²) in [5.74, 6) is 1.20. The fourth-order valence-electron chi connectivity index (χ4n) is 3.39. The second-order valence-electron chi connectivity index (χ2n) is 7.24. The first-order valence-electron chi connectivity index (χ1n) is 10.3. The molecule has 0 aliphatic heterocycles. The van der Waals surface area contributed by atoms with Crippen molar-refractivity contribution in [1.29, 1.82) is 0 Å². The molecule has 1 heterocycles. The third-order valence-corrected chi connectivity index (χ3v) is 5.18. The Morgan fingerprint density at radius 2 is 1.59 bits per heavy atom. The van der Waals surface area contributed by atoms with Crippen molar-refractivity contribution in [2.24, 2.45) is 0 Å². The minimum atomic E-state index is -0.485. The number of methoxy groups -OCH3 is 3. The summed E-state index contributed by atoms with van der Waals surface area (Å²) in [5.41, 5.74) is 2.50. The molecule has 0 aliphatic rings. The Morgan fingerprint density at radius 3 is 2.26 bits per heavy atom. The Hall–Kier alpha value is -4.46. The molecular formula is C26H22FN3O4. The van der Waals surface area contributed by atoms with Gasteiger partial charge in [0.2, 0.25) is 0 Å². The lowest BCUT2D eigenvalue weighted by Crippen LogP contribution is -1.99. The smallest absolute Gasteiger partial charge is 0.185 e. The number of carbonyl (C=O) groups excluding carboxylic acids is 1. The van der Waals surface area contributed by atoms with E-state index < -0.39 is 5.82 Å². The summed E-state index contributed by atoms with van der Waals surface area (Å²) in [6.45, 7) is 0. The van der Waals surface area contributed by atoms with Gasteiger partial charge >= 0.3 is 0 Å². The number of nitrogens with zero attached hydrogens (tertiary/aromatic N) is 2. The van der Waals surface area contributed by atoms with Gasteiger partial charge in [0.15, 0.2) is 28.8 Å². The zero-order valence-electron chi connectivity index (χ0n) is 18.8. The largest absolute Gasteiger partial charge is 0.494 e. The molecule has 0 bridgehead atoms. The van der Waals surface area contributed by atoms with Crippen LogP contribution in [0.4, 0.5) is 15.9 Å². The molecule has 0 unspecified atom stereocenters. The normalized spacial score (nSPS) is 10.9. The molecule has 8 heteroatoms. The topological polar surface area (TPSA) is 82.6 Å². The van der Waals surface area contributed by atoms with Crippen LogP contribution in [0.15, 0.2) is 67.0 Å². The van der Waals surface area contributed by atoms with Crippen molar-refractivity contribution in [3.8, 4) is 17.2 Å². The van der Waals surface area contributed by atoms with Crippen LogP contribution >= 0.6 is 0 Å². The average molecular weight is 459 g/mol. The maximum atomic E-state index is 13.8. The van der Waals surface area contributed by atoms with E-state index in [1.54, 1.807) is 62.8 Å². The lowest BCUT2D eigenvalue weighted by molar-refractivity contribution is 0.104. The van der Waals surface area contributed by atoms with Gasteiger partial charge in [-0.3, -0.25) is 4.79 Å². The van der Waals surface area contributed by atoms with Gasteiger partial charge in [-0.15, -0.1) is 0 Å². The molecule has 4 aromatic rings. The van der Waals surface area contributed by atoms with Gasteiger partial charge < -0.3 is 19.5 Å². The van der Waals surface area contributed by atoms with Crippen molar-refractivity contribution in [3.63, 3.8) is 0 Å². The van der Waals surface area contributed by atoms with Crippen molar-refractivity contribution in [2.75, 3.05) is 26.6 Å². The van der Waals surface area contributed by atoms with E-state index >= 15 is 0 Å². The highest BCUT2D eigenvalue weighted by Crippen LogP contribution is 2.34. The molecule has 0 atom stereocenters. The lowest BCUT2D eigenvalue weighted by atomic mass is 10.1. The molecule has 4 rings (SSSR count). The van der Waals surface area contributed by atoms with E-state index in [1.165, 1.54) is 31.6 Å². The molecule has 0 radical (unpaired) electrons. The molecule has 0 saturated heterocycles.